The molecule has 0 saturated heterocycles. The van der Waals surface area contributed by atoms with Crippen molar-refractivity contribution in [3.63, 3.8) is 0 Å². The molecule has 1 unspecified atom stereocenters. The average molecular weight is 308 g/mol. The van der Waals surface area contributed by atoms with Crippen LogP contribution in [0.4, 0.5) is 0 Å². The lowest BCUT2D eigenvalue weighted by atomic mass is 9.77. The maximum absolute atomic E-state index is 2.50. The summed E-state index contributed by atoms with van der Waals surface area (Å²) in [6.07, 6.45) is 8.27. The predicted molar refractivity (Wildman–Crippen MR) is 94.8 cm³/mol. The molecule has 114 valence electrons. The van der Waals surface area contributed by atoms with Crippen molar-refractivity contribution >= 4 is 11.8 Å². The molecule has 0 spiro atoms. The molecule has 1 aliphatic carbocycles. The van der Waals surface area contributed by atoms with Crippen molar-refractivity contribution < 1.29 is 0 Å². The molecule has 2 aromatic carbocycles. The minimum Gasteiger partial charge on any atom is -0.0895 e. The highest BCUT2D eigenvalue weighted by Crippen LogP contribution is 2.42. The minimum absolute atomic E-state index is 0.716. The first-order valence-electron chi connectivity index (χ1n) is 8.70. The van der Waals surface area contributed by atoms with Gasteiger partial charge in [0.1, 0.15) is 0 Å². The van der Waals surface area contributed by atoms with Gasteiger partial charge in [-0.3, -0.25) is 0 Å². The molecule has 1 saturated carbocycles. The van der Waals surface area contributed by atoms with E-state index in [-0.39, 0.29) is 0 Å². The van der Waals surface area contributed by atoms with Crippen molar-refractivity contribution in [2.24, 2.45) is 5.92 Å². The van der Waals surface area contributed by atoms with Crippen LogP contribution in [0.5, 0.6) is 0 Å². The van der Waals surface area contributed by atoms with Crippen LogP contribution in [0.2, 0.25) is 0 Å². The standard InChI is InChI=1S/C21H24S/c1-15(16-7-3-2-4-8-16)17-11-12-21-19(13-17)14-18-9-5-6-10-20(18)22-21/h5-6,9-13,15-16H,2-4,7-8,14H2,1H3. The molecule has 2 aliphatic rings. The second kappa shape index (κ2) is 6.12. The van der Waals surface area contributed by atoms with Gasteiger partial charge < -0.3 is 0 Å². The van der Waals surface area contributed by atoms with E-state index in [1.54, 1.807) is 5.56 Å². The fraction of sp³-hybridized carbons (Fsp3) is 0.429. The first kappa shape index (κ1) is 14.4. The van der Waals surface area contributed by atoms with Crippen molar-refractivity contribution in [3.05, 3.63) is 59.2 Å². The van der Waals surface area contributed by atoms with Gasteiger partial charge in [-0.1, -0.05) is 68.3 Å². The molecule has 1 aliphatic heterocycles. The molecular formula is C21H24S. The Balaban J connectivity index is 1.60. The Hall–Kier alpha value is -1.21. The van der Waals surface area contributed by atoms with Gasteiger partial charge in [0.25, 0.3) is 0 Å². The Morgan fingerprint density at radius 1 is 0.909 bits per heavy atom. The number of rotatable bonds is 2. The van der Waals surface area contributed by atoms with Gasteiger partial charge in [-0.2, -0.15) is 0 Å². The molecule has 2 aromatic rings. The lowest BCUT2D eigenvalue weighted by Crippen LogP contribution is -2.14. The van der Waals surface area contributed by atoms with Crippen LogP contribution in [0.15, 0.2) is 52.3 Å². The first-order valence-corrected chi connectivity index (χ1v) is 9.51. The van der Waals surface area contributed by atoms with Crippen molar-refractivity contribution in [1.29, 1.82) is 0 Å². The Morgan fingerprint density at radius 2 is 1.68 bits per heavy atom. The van der Waals surface area contributed by atoms with Gasteiger partial charge in [0.05, 0.1) is 0 Å². The fourth-order valence-corrected chi connectivity index (χ4v) is 5.15. The summed E-state index contributed by atoms with van der Waals surface area (Å²) in [6.45, 7) is 2.45. The van der Waals surface area contributed by atoms with E-state index in [0.29, 0.717) is 5.92 Å². The second-order valence-electron chi connectivity index (χ2n) is 6.94. The van der Waals surface area contributed by atoms with Gasteiger partial charge >= 0.3 is 0 Å². The zero-order valence-corrected chi connectivity index (χ0v) is 14.2. The van der Waals surface area contributed by atoms with Gasteiger partial charge in [0.2, 0.25) is 0 Å². The Kier molecular flexibility index (Phi) is 4.00. The summed E-state index contributed by atoms with van der Waals surface area (Å²) in [7, 11) is 0. The Bertz CT molecular complexity index is 667. The number of hydrogen-bond acceptors (Lipinski definition) is 1. The molecule has 0 nitrogen and oxygen atoms in total. The zero-order valence-electron chi connectivity index (χ0n) is 13.3. The fourth-order valence-electron chi connectivity index (χ4n) is 4.10. The summed E-state index contributed by atoms with van der Waals surface area (Å²) in [4.78, 5) is 2.89. The third-order valence-electron chi connectivity index (χ3n) is 5.54. The van der Waals surface area contributed by atoms with Crippen LogP contribution in [-0.2, 0) is 6.42 Å². The monoisotopic (exact) mass is 308 g/mol. The highest BCUT2D eigenvalue weighted by molar-refractivity contribution is 7.99. The predicted octanol–water partition coefficient (Wildman–Crippen LogP) is 6.43. The first-order chi connectivity index (χ1) is 10.8. The van der Waals surface area contributed by atoms with Gasteiger partial charge in [0, 0.05) is 9.79 Å². The molecule has 1 heteroatoms. The molecule has 22 heavy (non-hydrogen) atoms. The largest absolute Gasteiger partial charge is 0.0895 e. The van der Waals surface area contributed by atoms with Crippen LogP contribution >= 0.6 is 11.8 Å². The normalized spacial score (nSPS) is 19.3. The SMILES string of the molecule is CC(c1ccc2c(c1)Cc1ccccc1S2)C1CCCCC1. The highest BCUT2D eigenvalue weighted by Gasteiger charge is 2.23. The van der Waals surface area contributed by atoms with Crippen molar-refractivity contribution in [3.8, 4) is 0 Å². The summed E-state index contributed by atoms with van der Waals surface area (Å²) >= 11 is 1.94. The molecule has 0 amide bonds. The van der Waals surface area contributed by atoms with E-state index in [2.05, 4.69) is 49.4 Å². The smallest absolute Gasteiger partial charge is 0.0158 e. The Labute approximate surface area is 138 Å². The third-order valence-corrected chi connectivity index (χ3v) is 6.78. The molecule has 0 radical (unpaired) electrons. The molecule has 0 aromatic heterocycles. The van der Waals surface area contributed by atoms with E-state index in [1.165, 1.54) is 53.0 Å². The van der Waals surface area contributed by atoms with E-state index < -0.39 is 0 Å². The minimum atomic E-state index is 0.716. The molecule has 1 fully saturated rings. The third kappa shape index (κ3) is 2.72. The summed E-state index contributed by atoms with van der Waals surface area (Å²) < 4.78 is 0. The van der Waals surface area contributed by atoms with Crippen LogP contribution in [0.3, 0.4) is 0 Å². The second-order valence-corrected chi connectivity index (χ2v) is 8.02. The highest BCUT2D eigenvalue weighted by atomic mass is 32.2. The number of fused-ring (bicyclic) bond motifs is 2. The lowest BCUT2D eigenvalue weighted by molar-refractivity contribution is 0.316. The number of hydrogen-bond donors (Lipinski definition) is 0. The van der Waals surface area contributed by atoms with Crippen LogP contribution in [0.25, 0.3) is 0 Å². The average Bonchev–Trinajstić information content (AvgIpc) is 2.59. The van der Waals surface area contributed by atoms with E-state index in [9.17, 15) is 0 Å². The maximum atomic E-state index is 2.50. The summed E-state index contributed by atoms with van der Waals surface area (Å²) in [5.74, 6) is 1.61. The van der Waals surface area contributed by atoms with Gasteiger partial charge in [0.15, 0.2) is 0 Å². The van der Waals surface area contributed by atoms with Crippen LogP contribution in [0.1, 0.15) is 61.6 Å². The van der Waals surface area contributed by atoms with Crippen molar-refractivity contribution in [2.45, 2.75) is 61.2 Å². The molecule has 4 rings (SSSR count). The zero-order chi connectivity index (χ0) is 14.9. The molecule has 1 atom stereocenters. The topological polar surface area (TPSA) is 0 Å². The Morgan fingerprint density at radius 3 is 2.55 bits per heavy atom. The van der Waals surface area contributed by atoms with Gasteiger partial charge in [-0.15, -0.1) is 0 Å². The molecule has 0 bridgehead atoms. The summed E-state index contributed by atoms with van der Waals surface area (Å²) in [6, 6.07) is 16.1. The summed E-state index contributed by atoms with van der Waals surface area (Å²) in [5.41, 5.74) is 4.58. The van der Waals surface area contributed by atoms with E-state index in [0.717, 1.165) is 12.3 Å². The molecular weight excluding hydrogens is 284 g/mol. The van der Waals surface area contributed by atoms with Crippen molar-refractivity contribution in [2.75, 3.05) is 0 Å². The quantitative estimate of drug-likeness (QED) is 0.526. The molecule has 0 N–H and O–H groups in total. The summed E-state index contributed by atoms with van der Waals surface area (Å²) in [5, 5.41) is 0. The lowest BCUT2D eigenvalue weighted by Gasteiger charge is -2.29. The maximum Gasteiger partial charge on any atom is 0.0158 e. The number of benzene rings is 2. The van der Waals surface area contributed by atoms with Gasteiger partial charge in [-0.05, 0) is 59.9 Å². The van der Waals surface area contributed by atoms with E-state index >= 15 is 0 Å². The van der Waals surface area contributed by atoms with Crippen LogP contribution in [-0.4, -0.2) is 0 Å². The van der Waals surface area contributed by atoms with Gasteiger partial charge in [-0.25, -0.2) is 0 Å². The van der Waals surface area contributed by atoms with E-state index in [4.69, 9.17) is 0 Å². The van der Waals surface area contributed by atoms with Crippen LogP contribution < -0.4 is 0 Å². The van der Waals surface area contributed by atoms with E-state index in [1.807, 2.05) is 11.8 Å². The molecule has 1 heterocycles. The van der Waals surface area contributed by atoms with Crippen LogP contribution in [0, 0.1) is 5.92 Å². The van der Waals surface area contributed by atoms with Crippen molar-refractivity contribution in [1.82, 2.24) is 0 Å².